The number of rotatable bonds is 12. The van der Waals surface area contributed by atoms with Gasteiger partial charge in [-0.3, -0.25) is 24.6 Å². The zero-order valence-electron chi connectivity index (χ0n) is 27.9. The molecule has 12 heteroatoms. The molecule has 2 aromatic heterocycles. The number of ether oxygens (including phenoxy) is 2. The highest BCUT2D eigenvalue weighted by Gasteiger charge is 2.31. The maximum Gasteiger partial charge on any atom is 0.237 e. The number of amides is 1. The number of carbonyl (C=O) groups excluding carboxylic acids is 1. The van der Waals surface area contributed by atoms with Crippen molar-refractivity contribution in [2.24, 2.45) is 0 Å². The van der Waals surface area contributed by atoms with Crippen LogP contribution in [-0.4, -0.2) is 88.1 Å². The maximum absolute atomic E-state index is 11.5. The topological polar surface area (TPSA) is 106 Å². The largest absolute Gasteiger partial charge is 0.480 e. The zero-order valence-corrected chi connectivity index (χ0v) is 29.4. The number of benzene rings is 2. The van der Waals surface area contributed by atoms with Crippen molar-refractivity contribution in [3.05, 3.63) is 70.2 Å². The second-order valence-electron chi connectivity index (χ2n) is 13.0. The van der Waals surface area contributed by atoms with Gasteiger partial charge in [-0.15, -0.1) is 0 Å². The number of hydrogen-bond acceptors (Lipinski definition) is 9. The highest BCUT2D eigenvalue weighted by molar-refractivity contribution is 6.39. The van der Waals surface area contributed by atoms with E-state index >= 15 is 0 Å². The van der Waals surface area contributed by atoms with Gasteiger partial charge in [0.05, 0.1) is 48.0 Å². The molecule has 1 atom stereocenters. The number of methoxy groups -OCH3 is 2. The van der Waals surface area contributed by atoms with E-state index in [0.29, 0.717) is 52.6 Å². The minimum absolute atomic E-state index is 0.130. The first-order chi connectivity index (χ1) is 23.9. The van der Waals surface area contributed by atoms with E-state index in [2.05, 4.69) is 15.1 Å². The molecule has 10 nitrogen and oxygen atoms in total. The molecule has 1 amide bonds. The van der Waals surface area contributed by atoms with Gasteiger partial charge in [0.15, 0.2) is 0 Å². The van der Waals surface area contributed by atoms with Crippen LogP contribution in [0.25, 0.3) is 33.6 Å². The van der Waals surface area contributed by atoms with Crippen LogP contribution in [0.1, 0.15) is 49.9 Å². The molecule has 0 radical (unpaired) electrons. The molecule has 3 aliphatic rings. The number of hydrogen-bond donors (Lipinski definition) is 1. The van der Waals surface area contributed by atoms with Crippen molar-refractivity contribution in [3.8, 4) is 45.4 Å². The number of aryl methyl sites for hydroxylation is 1. The molecule has 4 aromatic rings. The predicted molar refractivity (Wildman–Crippen MR) is 191 cm³/mol. The van der Waals surface area contributed by atoms with Gasteiger partial charge in [0.25, 0.3) is 0 Å². The zero-order chi connectivity index (χ0) is 33.9. The van der Waals surface area contributed by atoms with E-state index in [-0.39, 0.29) is 11.9 Å². The van der Waals surface area contributed by atoms with Crippen molar-refractivity contribution < 1.29 is 14.3 Å². The number of aromatic nitrogens is 4. The van der Waals surface area contributed by atoms with Crippen LogP contribution >= 0.6 is 23.2 Å². The van der Waals surface area contributed by atoms with E-state index in [1.165, 1.54) is 12.8 Å². The fraction of sp³-hybridized carbons (Fsp3) is 0.432. The third-order valence-corrected chi connectivity index (χ3v) is 10.6. The Morgan fingerprint density at radius 2 is 1.37 bits per heavy atom. The Bertz CT molecular complexity index is 1830. The van der Waals surface area contributed by atoms with Crippen LogP contribution in [-0.2, 0) is 17.8 Å². The molecule has 2 aliphatic heterocycles. The van der Waals surface area contributed by atoms with Gasteiger partial charge in [-0.1, -0.05) is 59.6 Å². The SMILES string of the molecule is COc1nc(-c2cccc(-c3cccc(-c4cnc(CN5CCN(C6CC6)CC5)c(OC)n4)c3Cl)c2Cl)cnc1CCC[C@@H]1CCC(=O)N1. The number of nitrogens with zero attached hydrogens (tertiary/aromatic N) is 6. The monoisotopic (exact) mass is 701 g/mol. The van der Waals surface area contributed by atoms with Gasteiger partial charge in [0.2, 0.25) is 17.7 Å². The first-order valence-electron chi connectivity index (χ1n) is 17.1. The molecule has 7 rings (SSSR count). The van der Waals surface area contributed by atoms with Crippen molar-refractivity contribution in [1.29, 1.82) is 0 Å². The molecule has 0 unspecified atom stereocenters. The summed E-state index contributed by atoms with van der Waals surface area (Å²) in [7, 11) is 3.23. The lowest BCUT2D eigenvalue weighted by Gasteiger charge is -2.34. The van der Waals surface area contributed by atoms with Gasteiger partial charge in [-0.25, -0.2) is 9.97 Å². The normalized spacial score (nSPS) is 18.4. The van der Waals surface area contributed by atoms with E-state index in [4.69, 9.17) is 52.6 Å². The number of piperazine rings is 1. The van der Waals surface area contributed by atoms with Gasteiger partial charge in [0, 0.05) is 73.5 Å². The summed E-state index contributed by atoms with van der Waals surface area (Å²) in [6, 6.07) is 12.6. The third-order valence-electron chi connectivity index (χ3n) is 9.74. The number of carbonyl (C=O) groups is 1. The van der Waals surface area contributed by atoms with E-state index in [1.807, 2.05) is 36.4 Å². The lowest BCUT2D eigenvalue weighted by molar-refractivity contribution is -0.119. The average molecular weight is 703 g/mol. The molecule has 1 aliphatic carbocycles. The second-order valence-corrected chi connectivity index (χ2v) is 13.8. The van der Waals surface area contributed by atoms with Crippen molar-refractivity contribution in [1.82, 2.24) is 35.1 Å². The van der Waals surface area contributed by atoms with Crippen LogP contribution < -0.4 is 14.8 Å². The summed E-state index contributed by atoms with van der Waals surface area (Å²) < 4.78 is 11.4. The van der Waals surface area contributed by atoms with Gasteiger partial charge in [0.1, 0.15) is 11.4 Å². The predicted octanol–water partition coefficient (Wildman–Crippen LogP) is 6.47. The molecule has 4 heterocycles. The molecular weight excluding hydrogens is 661 g/mol. The Kier molecular flexibility index (Phi) is 10.3. The fourth-order valence-electron chi connectivity index (χ4n) is 6.88. The lowest BCUT2D eigenvalue weighted by Crippen LogP contribution is -2.46. The van der Waals surface area contributed by atoms with Crippen LogP contribution in [0, 0.1) is 0 Å². The summed E-state index contributed by atoms with van der Waals surface area (Å²) in [5.74, 6) is 1.10. The molecule has 0 bridgehead atoms. The molecule has 0 spiro atoms. The molecule has 3 fully saturated rings. The number of halogens is 2. The highest BCUT2D eigenvalue weighted by atomic mass is 35.5. The van der Waals surface area contributed by atoms with Gasteiger partial charge in [-0.2, -0.15) is 0 Å². The van der Waals surface area contributed by atoms with Crippen LogP contribution in [0.5, 0.6) is 11.8 Å². The third kappa shape index (κ3) is 7.52. The molecule has 1 N–H and O–H groups in total. The van der Waals surface area contributed by atoms with Crippen LogP contribution in [0.4, 0.5) is 0 Å². The van der Waals surface area contributed by atoms with Crippen molar-refractivity contribution in [2.75, 3.05) is 40.4 Å². The maximum atomic E-state index is 11.5. The first-order valence-corrected chi connectivity index (χ1v) is 17.8. The molecule has 2 saturated heterocycles. The lowest BCUT2D eigenvalue weighted by atomic mass is 9.98. The highest BCUT2D eigenvalue weighted by Crippen LogP contribution is 2.42. The van der Waals surface area contributed by atoms with Crippen molar-refractivity contribution in [3.63, 3.8) is 0 Å². The summed E-state index contributed by atoms with van der Waals surface area (Å²) in [6.07, 6.45) is 10.1. The molecule has 2 aromatic carbocycles. The Morgan fingerprint density at radius 1 is 0.796 bits per heavy atom. The molecule has 256 valence electrons. The summed E-state index contributed by atoms with van der Waals surface area (Å²) >= 11 is 14.2. The minimum atomic E-state index is 0.130. The smallest absolute Gasteiger partial charge is 0.237 e. The quantitative estimate of drug-likeness (QED) is 0.178. The molecular formula is C37H41Cl2N7O3. The van der Waals surface area contributed by atoms with Crippen molar-refractivity contribution >= 4 is 29.1 Å². The van der Waals surface area contributed by atoms with Crippen molar-refractivity contribution in [2.45, 2.75) is 63.6 Å². The first kappa shape index (κ1) is 33.7. The Hall–Kier alpha value is -3.83. The molecule has 49 heavy (non-hydrogen) atoms. The minimum Gasteiger partial charge on any atom is -0.480 e. The summed E-state index contributed by atoms with van der Waals surface area (Å²) in [5, 5.41) is 4.04. The Balaban J connectivity index is 1.09. The Labute approximate surface area is 297 Å². The van der Waals surface area contributed by atoms with Crippen LogP contribution in [0.3, 0.4) is 0 Å². The second kappa shape index (κ2) is 15.0. The molecule has 1 saturated carbocycles. The van der Waals surface area contributed by atoms with Crippen LogP contribution in [0.2, 0.25) is 10.0 Å². The van der Waals surface area contributed by atoms with E-state index < -0.39 is 0 Å². The summed E-state index contributed by atoms with van der Waals surface area (Å²) in [6.45, 7) is 4.92. The average Bonchev–Trinajstić information content (AvgIpc) is 3.90. The van der Waals surface area contributed by atoms with Crippen LogP contribution in [0.15, 0.2) is 48.8 Å². The standard InChI is InChI=1S/C37H41Cl2N7O3/c1-48-36-29(11-3-6-23-12-15-33(47)42-23)40-20-30(43-36)27-9-4-7-25(34(27)38)26-8-5-10-28(35(26)39)31-21-41-32(37(44-31)49-2)22-45-16-18-46(19-17-45)24-13-14-24/h4-5,7-10,20-21,23-24H,3,6,11-19,22H2,1-2H3,(H,42,47)/t23-/m1/s1. The number of nitrogens with one attached hydrogen (secondary N) is 1. The van der Waals surface area contributed by atoms with Gasteiger partial charge < -0.3 is 14.8 Å². The van der Waals surface area contributed by atoms with Gasteiger partial charge in [-0.05, 0) is 38.5 Å². The van der Waals surface area contributed by atoms with E-state index in [1.54, 1.807) is 26.6 Å². The summed E-state index contributed by atoms with van der Waals surface area (Å²) in [5.41, 5.74) is 5.80. The van der Waals surface area contributed by atoms with Gasteiger partial charge >= 0.3 is 0 Å². The Morgan fingerprint density at radius 3 is 1.92 bits per heavy atom. The van der Waals surface area contributed by atoms with E-state index in [9.17, 15) is 4.79 Å². The summed E-state index contributed by atoms with van der Waals surface area (Å²) in [4.78, 5) is 35.7. The fourth-order valence-corrected chi connectivity index (χ4v) is 7.53. The van der Waals surface area contributed by atoms with E-state index in [0.717, 1.165) is 85.1 Å².